The number of sulfonamides is 1. The minimum atomic E-state index is -3.80. The van der Waals surface area contributed by atoms with Crippen LogP contribution in [-0.2, 0) is 14.8 Å². The van der Waals surface area contributed by atoms with Crippen molar-refractivity contribution in [3.05, 3.63) is 49.1 Å². The van der Waals surface area contributed by atoms with E-state index in [9.17, 15) is 18.3 Å². The van der Waals surface area contributed by atoms with Crippen LogP contribution in [0, 0.1) is 0 Å². The van der Waals surface area contributed by atoms with E-state index in [0.29, 0.717) is 28.1 Å². The van der Waals surface area contributed by atoms with E-state index in [2.05, 4.69) is 35.7 Å². The number of aliphatic hydroxyl groups is 2. The summed E-state index contributed by atoms with van der Waals surface area (Å²) in [5, 5.41) is 29.5. The number of hydrogen-bond donors (Lipinski definition) is 4. The van der Waals surface area contributed by atoms with Gasteiger partial charge in [0.25, 0.3) is 0 Å². The molecule has 4 N–H and O–H groups in total. The highest BCUT2D eigenvalue weighted by Gasteiger charge is 2.23. The molecule has 0 aliphatic rings. The monoisotopic (exact) mass is 571 g/mol. The maximum Gasteiger partial charge on any atom is 0.412 e. The van der Waals surface area contributed by atoms with Crippen LogP contribution < -0.4 is 14.9 Å². The summed E-state index contributed by atoms with van der Waals surface area (Å²) in [6, 6.07) is 6.96. The summed E-state index contributed by atoms with van der Waals surface area (Å²) in [7, 11) is -3.80. The number of amides is 1. The van der Waals surface area contributed by atoms with Crippen molar-refractivity contribution in [1.29, 1.82) is 0 Å². The standard InChI is InChI=1S/C24H29N9O6S/c1-24(2,3)39-23(36)30-16-5-7-18(8-6-16)33-20-15(10-28-33)9-25-21(31-20)29-17-11-26-22(27-12-17)32(40(4,37)38)13-19(35)14-34/h5-12,19,34-35H,13-14H2,1-4H3,(H,30,36)(H,25,29,31). The molecule has 0 fully saturated rings. The smallest absolute Gasteiger partial charge is 0.412 e. The number of aromatic nitrogens is 6. The number of anilines is 4. The van der Waals surface area contributed by atoms with Crippen LogP contribution in [0.2, 0.25) is 0 Å². The molecule has 0 saturated heterocycles. The molecule has 0 aliphatic carbocycles. The second-order valence-electron chi connectivity index (χ2n) is 9.73. The van der Waals surface area contributed by atoms with Crippen molar-refractivity contribution in [3.63, 3.8) is 0 Å². The lowest BCUT2D eigenvalue weighted by atomic mass is 10.2. The molecule has 3 aromatic heterocycles. The predicted molar refractivity (Wildman–Crippen MR) is 147 cm³/mol. The van der Waals surface area contributed by atoms with Crippen molar-refractivity contribution in [2.24, 2.45) is 0 Å². The van der Waals surface area contributed by atoms with Crippen LogP contribution in [0.25, 0.3) is 16.7 Å². The summed E-state index contributed by atoms with van der Waals surface area (Å²) in [6.45, 7) is 4.33. The van der Waals surface area contributed by atoms with E-state index in [4.69, 9.17) is 9.84 Å². The van der Waals surface area contributed by atoms with Gasteiger partial charge in [-0.05, 0) is 45.0 Å². The van der Waals surface area contributed by atoms with E-state index in [1.54, 1.807) is 62.1 Å². The summed E-state index contributed by atoms with van der Waals surface area (Å²) in [5.41, 5.74) is 1.51. The maximum atomic E-state index is 12.1. The molecule has 1 amide bonds. The summed E-state index contributed by atoms with van der Waals surface area (Å²) in [6.07, 6.45) is 4.98. The van der Waals surface area contributed by atoms with E-state index in [1.807, 2.05) is 0 Å². The van der Waals surface area contributed by atoms with Gasteiger partial charge in [-0.3, -0.25) is 5.32 Å². The fraction of sp³-hybridized carbons (Fsp3) is 0.333. The van der Waals surface area contributed by atoms with Gasteiger partial charge in [-0.15, -0.1) is 0 Å². The number of benzene rings is 1. The molecule has 0 saturated carbocycles. The Bertz CT molecular complexity index is 1590. The quantitative estimate of drug-likeness (QED) is 0.228. The first-order chi connectivity index (χ1) is 18.8. The Labute approximate surface area is 229 Å². The van der Waals surface area contributed by atoms with Crippen molar-refractivity contribution in [1.82, 2.24) is 29.7 Å². The van der Waals surface area contributed by atoms with E-state index in [-0.39, 0.29) is 11.9 Å². The molecule has 16 heteroatoms. The Hall–Kier alpha value is -4.41. The summed E-state index contributed by atoms with van der Waals surface area (Å²) in [5.74, 6) is 0.0455. The highest BCUT2D eigenvalue weighted by atomic mass is 32.2. The van der Waals surface area contributed by atoms with Gasteiger partial charge in [-0.2, -0.15) is 10.1 Å². The number of hydrogen-bond acceptors (Lipinski definition) is 12. The number of rotatable bonds is 9. The average molecular weight is 572 g/mol. The predicted octanol–water partition coefficient (Wildman–Crippen LogP) is 1.82. The first-order valence-corrected chi connectivity index (χ1v) is 13.8. The van der Waals surface area contributed by atoms with E-state index in [1.165, 1.54) is 12.4 Å². The number of ether oxygens (including phenoxy) is 1. The Morgan fingerprint density at radius 1 is 1.07 bits per heavy atom. The van der Waals surface area contributed by atoms with Gasteiger partial charge in [0.15, 0.2) is 5.65 Å². The van der Waals surface area contributed by atoms with Crippen LogP contribution in [0.1, 0.15) is 20.8 Å². The van der Waals surface area contributed by atoms with Crippen molar-refractivity contribution < 1.29 is 28.2 Å². The highest BCUT2D eigenvalue weighted by Crippen LogP contribution is 2.21. The highest BCUT2D eigenvalue weighted by molar-refractivity contribution is 7.92. The van der Waals surface area contributed by atoms with Gasteiger partial charge in [-0.1, -0.05) is 0 Å². The third-order valence-corrected chi connectivity index (χ3v) is 6.28. The molecule has 0 radical (unpaired) electrons. The number of nitrogens with one attached hydrogen (secondary N) is 2. The molecule has 0 spiro atoms. The third kappa shape index (κ3) is 7.16. The van der Waals surface area contributed by atoms with Gasteiger partial charge in [0.1, 0.15) is 5.60 Å². The molecule has 212 valence electrons. The Morgan fingerprint density at radius 3 is 2.35 bits per heavy atom. The van der Waals surface area contributed by atoms with Crippen LogP contribution in [0.4, 0.5) is 28.1 Å². The van der Waals surface area contributed by atoms with Gasteiger partial charge in [0, 0.05) is 11.9 Å². The molecule has 1 aromatic carbocycles. The summed E-state index contributed by atoms with van der Waals surface area (Å²) < 4.78 is 31.9. The topological polar surface area (TPSA) is 198 Å². The van der Waals surface area contributed by atoms with E-state index < -0.39 is 41.0 Å². The van der Waals surface area contributed by atoms with Gasteiger partial charge >= 0.3 is 6.09 Å². The SMILES string of the molecule is CC(C)(C)OC(=O)Nc1ccc(-n2ncc3cnc(Nc4cnc(N(CC(O)CO)S(C)(=O)=O)nc4)nc32)cc1. The Kier molecular flexibility index (Phi) is 8.13. The van der Waals surface area contributed by atoms with Gasteiger partial charge in [0.2, 0.25) is 21.9 Å². The second-order valence-corrected chi connectivity index (χ2v) is 11.6. The molecule has 1 atom stereocenters. The average Bonchev–Trinajstić information content (AvgIpc) is 3.29. The summed E-state index contributed by atoms with van der Waals surface area (Å²) in [4.78, 5) is 29.0. The Balaban J connectivity index is 1.51. The van der Waals surface area contributed by atoms with Gasteiger partial charge < -0.3 is 20.3 Å². The van der Waals surface area contributed by atoms with Crippen LogP contribution in [0.3, 0.4) is 0 Å². The van der Waals surface area contributed by atoms with Crippen molar-refractivity contribution in [2.45, 2.75) is 32.5 Å². The molecule has 1 unspecified atom stereocenters. The lowest BCUT2D eigenvalue weighted by Gasteiger charge is -2.22. The van der Waals surface area contributed by atoms with Crippen LogP contribution in [-0.4, -0.2) is 85.6 Å². The number of fused-ring (bicyclic) bond motifs is 1. The second kappa shape index (κ2) is 11.4. The molecular weight excluding hydrogens is 542 g/mol. The number of carbonyl (C=O) groups excluding carboxylic acids is 1. The summed E-state index contributed by atoms with van der Waals surface area (Å²) >= 11 is 0. The number of carbonyl (C=O) groups is 1. The normalized spacial score (nSPS) is 12.7. The van der Waals surface area contributed by atoms with Crippen molar-refractivity contribution in [2.75, 3.05) is 34.3 Å². The van der Waals surface area contributed by atoms with Crippen LogP contribution in [0.15, 0.2) is 49.1 Å². The lowest BCUT2D eigenvalue weighted by molar-refractivity contribution is 0.0636. The Morgan fingerprint density at radius 2 is 1.75 bits per heavy atom. The fourth-order valence-corrected chi connectivity index (χ4v) is 4.27. The van der Waals surface area contributed by atoms with Crippen molar-refractivity contribution >= 4 is 50.4 Å². The minimum Gasteiger partial charge on any atom is -0.444 e. The number of nitrogens with zero attached hydrogens (tertiary/aromatic N) is 7. The molecule has 15 nitrogen and oxygen atoms in total. The molecule has 3 heterocycles. The zero-order valence-electron chi connectivity index (χ0n) is 22.2. The number of aliphatic hydroxyl groups excluding tert-OH is 2. The van der Waals surface area contributed by atoms with Gasteiger partial charge in [-0.25, -0.2) is 37.2 Å². The minimum absolute atomic E-state index is 0.167. The lowest BCUT2D eigenvalue weighted by Crippen LogP contribution is -2.39. The largest absolute Gasteiger partial charge is 0.444 e. The van der Waals surface area contributed by atoms with Crippen LogP contribution in [0.5, 0.6) is 0 Å². The fourth-order valence-electron chi connectivity index (χ4n) is 3.43. The molecular formula is C24H29N9O6S. The van der Waals surface area contributed by atoms with Gasteiger partial charge in [0.05, 0.1) is 60.9 Å². The zero-order chi connectivity index (χ0) is 29.1. The van der Waals surface area contributed by atoms with E-state index >= 15 is 0 Å². The third-order valence-electron chi connectivity index (χ3n) is 5.17. The molecule has 4 rings (SSSR count). The molecule has 0 bridgehead atoms. The first kappa shape index (κ1) is 28.6. The molecule has 0 aliphatic heterocycles. The van der Waals surface area contributed by atoms with E-state index in [0.717, 1.165) is 10.6 Å². The first-order valence-electron chi connectivity index (χ1n) is 12.0. The van der Waals surface area contributed by atoms with Crippen molar-refractivity contribution in [3.8, 4) is 5.69 Å². The zero-order valence-corrected chi connectivity index (χ0v) is 23.0. The molecule has 40 heavy (non-hydrogen) atoms. The molecule has 4 aromatic rings. The maximum absolute atomic E-state index is 12.1. The van der Waals surface area contributed by atoms with Crippen LogP contribution >= 0.6 is 0 Å².